The fourth-order valence-corrected chi connectivity index (χ4v) is 3.09. The van der Waals surface area contributed by atoms with Gasteiger partial charge in [0.2, 0.25) is 0 Å². The minimum Gasteiger partial charge on any atom is -0.377 e. The molecule has 0 spiro atoms. The van der Waals surface area contributed by atoms with Crippen LogP contribution < -0.4 is 0 Å². The smallest absolute Gasteiger partial charge is 0.0172 e. The van der Waals surface area contributed by atoms with Crippen LogP contribution in [0.3, 0.4) is 0 Å². The Bertz CT molecular complexity index is 271. The molecule has 2 atom stereocenters. The summed E-state index contributed by atoms with van der Waals surface area (Å²) >= 11 is 0. The second kappa shape index (κ2) is 3.45. The van der Waals surface area contributed by atoms with Gasteiger partial charge in [-0.15, -0.1) is 0 Å². The Morgan fingerprint density at radius 3 is 2.64 bits per heavy atom. The molecule has 1 aliphatic heterocycles. The lowest BCUT2D eigenvalue weighted by Gasteiger charge is -2.26. The molecule has 1 saturated heterocycles. The van der Waals surface area contributed by atoms with E-state index in [9.17, 15) is 0 Å². The monoisotopic (exact) mass is 189 g/mol. The van der Waals surface area contributed by atoms with Gasteiger partial charge in [0, 0.05) is 19.0 Å². The van der Waals surface area contributed by atoms with Crippen LogP contribution in [0.2, 0.25) is 0 Å². The van der Waals surface area contributed by atoms with Gasteiger partial charge in [0.15, 0.2) is 0 Å². The molecule has 1 saturated carbocycles. The van der Waals surface area contributed by atoms with Gasteiger partial charge in [-0.3, -0.25) is 0 Å². The van der Waals surface area contributed by atoms with Crippen LogP contribution in [0.1, 0.15) is 32.1 Å². The van der Waals surface area contributed by atoms with Crippen molar-refractivity contribution < 1.29 is 0 Å². The van der Waals surface area contributed by atoms with E-state index in [4.69, 9.17) is 0 Å². The molecule has 0 radical (unpaired) electrons. The fourth-order valence-electron chi connectivity index (χ4n) is 3.09. The van der Waals surface area contributed by atoms with Gasteiger partial charge < -0.3 is 4.90 Å². The number of hydrogen-bond acceptors (Lipinski definition) is 1. The van der Waals surface area contributed by atoms with E-state index >= 15 is 0 Å². The Morgan fingerprint density at radius 2 is 2.00 bits per heavy atom. The summed E-state index contributed by atoms with van der Waals surface area (Å²) in [5.41, 5.74) is 1.71. The molecule has 76 valence electrons. The van der Waals surface area contributed by atoms with Crippen LogP contribution in [-0.4, -0.2) is 18.0 Å². The molecule has 3 aliphatic rings. The molecule has 2 bridgehead atoms. The Kier molecular flexibility index (Phi) is 2.11. The van der Waals surface area contributed by atoms with Crippen molar-refractivity contribution in [1.29, 1.82) is 0 Å². The van der Waals surface area contributed by atoms with E-state index in [1.165, 1.54) is 45.2 Å². The number of nitrogens with zero attached hydrogens (tertiary/aromatic N) is 1. The summed E-state index contributed by atoms with van der Waals surface area (Å²) < 4.78 is 0. The van der Waals surface area contributed by atoms with Crippen LogP contribution in [0.5, 0.6) is 0 Å². The molecule has 1 nitrogen and oxygen atoms in total. The number of likely N-dealkylation sites (tertiary alicyclic amines) is 1. The highest BCUT2D eigenvalue weighted by Gasteiger charge is 2.31. The maximum absolute atomic E-state index is 2.55. The average Bonchev–Trinajstić information content (AvgIpc) is 2.81. The normalized spacial score (nSPS) is 38.6. The van der Waals surface area contributed by atoms with Crippen molar-refractivity contribution in [2.45, 2.75) is 32.1 Å². The van der Waals surface area contributed by atoms with Gasteiger partial charge in [0.25, 0.3) is 0 Å². The van der Waals surface area contributed by atoms with Gasteiger partial charge >= 0.3 is 0 Å². The number of fused-ring (bicyclic) bond motifs is 2. The van der Waals surface area contributed by atoms with Crippen molar-refractivity contribution in [3.63, 3.8) is 0 Å². The zero-order chi connectivity index (χ0) is 9.38. The third-order valence-electron chi connectivity index (χ3n) is 3.89. The standard InChI is InChI=1S/C13H19N/c1-2-6-14(7-3-1)10-13-9-11-4-5-12(13)8-11/h4-5,10-12H,1-3,6-9H2/b13-10+/t11-,12-/m0/s1. The van der Waals surface area contributed by atoms with Crippen molar-refractivity contribution in [3.05, 3.63) is 23.9 Å². The highest BCUT2D eigenvalue weighted by Crippen LogP contribution is 2.43. The number of hydrogen-bond donors (Lipinski definition) is 0. The van der Waals surface area contributed by atoms with E-state index in [0.29, 0.717) is 0 Å². The lowest BCUT2D eigenvalue weighted by Crippen LogP contribution is -2.25. The van der Waals surface area contributed by atoms with Gasteiger partial charge in [0.05, 0.1) is 0 Å². The average molecular weight is 189 g/mol. The van der Waals surface area contributed by atoms with Crippen LogP contribution >= 0.6 is 0 Å². The zero-order valence-corrected chi connectivity index (χ0v) is 8.78. The molecule has 0 N–H and O–H groups in total. The van der Waals surface area contributed by atoms with Crippen molar-refractivity contribution in [1.82, 2.24) is 4.90 Å². The molecule has 0 aromatic heterocycles. The summed E-state index contributed by atoms with van der Waals surface area (Å²) in [5.74, 6) is 1.69. The molecule has 0 aromatic carbocycles. The predicted octanol–water partition coefficient (Wildman–Crippen LogP) is 2.95. The molecule has 14 heavy (non-hydrogen) atoms. The largest absolute Gasteiger partial charge is 0.377 e. The predicted molar refractivity (Wildman–Crippen MR) is 58.9 cm³/mol. The van der Waals surface area contributed by atoms with Gasteiger partial charge in [-0.25, -0.2) is 0 Å². The van der Waals surface area contributed by atoms with E-state index in [2.05, 4.69) is 23.3 Å². The summed E-state index contributed by atoms with van der Waals surface area (Å²) in [5, 5.41) is 0. The third kappa shape index (κ3) is 1.49. The van der Waals surface area contributed by atoms with Crippen molar-refractivity contribution >= 4 is 0 Å². The first-order valence-electron chi connectivity index (χ1n) is 6.05. The van der Waals surface area contributed by atoms with E-state index < -0.39 is 0 Å². The maximum Gasteiger partial charge on any atom is 0.0172 e. The lowest BCUT2D eigenvalue weighted by atomic mass is 10.0. The Hall–Kier alpha value is -0.720. The Labute approximate surface area is 86.5 Å². The summed E-state index contributed by atoms with van der Waals surface area (Å²) in [4.78, 5) is 2.55. The summed E-state index contributed by atoms with van der Waals surface area (Å²) in [6.07, 6.45) is 14.3. The molecule has 0 aromatic rings. The first-order chi connectivity index (χ1) is 6.92. The molecular formula is C13H19N. The van der Waals surface area contributed by atoms with Gasteiger partial charge in [0.1, 0.15) is 0 Å². The van der Waals surface area contributed by atoms with E-state index in [-0.39, 0.29) is 0 Å². The van der Waals surface area contributed by atoms with Crippen molar-refractivity contribution in [2.75, 3.05) is 13.1 Å². The molecule has 2 aliphatic carbocycles. The molecule has 0 amide bonds. The van der Waals surface area contributed by atoms with E-state index in [1.54, 1.807) is 5.57 Å². The van der Waals surface area contributed by atoms with E-state index in [1.807, 2.05) is 0 Å². The lowest BCUT2D eigenvalue weighted by molar-refractivity contribution is 0.306. The summed E-state index contributed by atoms with van der Waals surface area (Å²) in [6.45, 7) is 2.59. The summed E-state index contributed by atoms with van der Waals surface area (Å²) in [6, 6.07) is 0. The second-order valence-electron chi connectivity index (χ2n) is 4.99. The SMILES string of the molecule is C1=C[C@H]2C[C@H]1C/C2=C\N1CCCCC1. The zero-order valence-electron chi connectivity index (χ0n) is 8.78. The van der Waals surface area contributed by atoms with E-state index in [0.717, 1.165) is 11.8 Å². The molecule has 1 heteroatoms. The van der Waals surface area contributed by atoms with Gasteiger partial charge in [-0.1, -0.05) is 12.2 Å². The second-order valence-corrected chi connectivity index (χ2v) is 4.99. The highest BCUT2D eigenvalue weighted by atomic mass is 15.1. The maximum atomic E-state index is 2.55. The van der Waals surface area contributed by atoms with Crippen LogP contribution in [0.15, 0.2) is 23.9 Å². The first kappa shape index (κ1) is 8.58. The molecular weight excluding hydrogens is 170 g/mol. The molecule has 2 fully saturated rings. The Balaban J connectivity index is 1.69. The van der Waals surface area contributed by atoms with Crippen LogP contribution in [0.25, 0.3) is 0 Å². The van der Waals surface area contributed by atoms with Gasteiger partial charge in [-0.2, -0.15) is 0 Å². The number of rotatable bonds is 1. The fraction of sp³-hybridized carbons (Fsp3) is 0.692. The summed E-state index contributed by atoms with van der Waals surface area (Å²) in [7, 11) is 0. The van der Waals surface area contributed by atoms with Crippen LogP contribution in [0.4, 0.5) is 0 Å². The quantitative estimate of drug-likeness (QED) is 0.573. The van der Waals surface area contributed by atoms with Crippen LogP contribution in [-0.2, 0) is 0 Å². The van der Waals surface area contributed by atoms with Crippen LogP contribution in [0, 0.1) is 11.8 Å². The number of allylic oxidation sites excluding steroid dienone is 3. The highest BCUT2D eigenvalue weighted by molar-refractivity contribution is 5.26. The molecule has 0 unspecified atom stereocenters. The molecule has 3 rings (SSSR count). The minimum absolute atomic E-state index is 0.807. The van der Waals surface area contributed by atoms with Crippen molar-refractivity contribution in [2.24, 2.45) is 11.8 Å². The van der Waals surface area contributed by atoms with Crippen molar-refractivity contribution in [3.8, 4) is 0 Å². The first-order valence-corrected chi connectivity index (χ1v) is 6.05. The van der Waals surface area contributed by atoms with Gasteiger partial charge in [-0.05, 0) is 49.8 Å². The topological polar surface area (TPSA) is 3.24 Å². The Morgan fingerprint density at radius 1 is 1.14 bits per heavy atom. The third-order valence-corrected chi connectivity index (χ3v) is 3.89. The number of piperidine rings is 1. The minimum atomic E-state index is 0.807. The molecule has 1 heterocycles.